The maximum atomic E-state index is 11.4. The second-order valence-corrected chi connectivity index (χ2v) is 3.65. The van der Waals surface area contributed by atoms with E-state index in [9.17, 15) is 4.79 Å². The molecule has 0 aliphatic heterocycles. The Kier molecular flexibility index (Phi) is 2.23. The summed E-state index contributed by atoms with van der Waals surface area (Å²) in [7, 11) is 1.89. The maximum Gasteiger partial charge on any atom is 0.176 e. The summed E-state index contributed by atoms with van der Waals surface area (Å²) in [6.07, 6.45) is 1.93. The number of hydrogen-bond donors (Lipinski definition) is 1. The predicted molar refractivity (Wildman–Crippen MR) is 61.7 cm³/mol. The Labute approximate surface area is 88.7 Å². The molecule has 2 aromatic rings. The van der Waals surface area contributed by atoms with Crippen molar-refractivity contribution in [3.63, 3.8) is 0 Å². The number of nitrogens with zero attached hydrogens (tertiary/aromatic N) is 1. The number of carbonyl (C=O) groups is 1. The number of hydrogen-bond acceptors (Lipinski definition) is 2. The van der Waals surface area contributed by atoms with E-state index >= 15 is 0 Å². The molecule has 0 saturated heterocycles. The van der Waals surface area contributed by atoms with Gasteiger partial charge in [-0.05, 0) is 30.7 Å². The molecule has 2 aromatic heterocycles. The van der Waals surface area contributed by atoms with Crippen molar-refractivity contribution in [1.29, 1.82) is 0 Å². The van der Waals surface area contributed by atoms with Crippen LogP contribution in [0.3, 0.4) is 0 Å². The SMILES string of the molecule is CNc1c(C)ccn2c(C(C)=O)ccc12. The van der Waals surface area contributed by atoms with E-state index in [1.807, 2.05) is 42.8 Å². The highest BCUT2D eigenvalue weighted by Gasteiger charge is 2.09. The summed E-state index contributed by atoms with van der Waals surface area (Å²) in [5.41, 5.74) is 4.02. The number of aromatic nitrogens is 1. The number of aryl methyl sites for hydroxylation is 1. The number of ketones is 1. The van der Waals surface area contributed by atoms with Gasteiger partial charge in [-0.2, -0.15) is 0 Å². The number of pyridine rings is 1. The van der Waals surface area contributed by atoms with Crippen molar-refractivity contribution in [3.8, 4) is 0 Å². The van der Waals surface area contributed by atoms with Gasteiger partial charge in [0.05, 0.1) is 16.9 Å². The van der Waals surface area contributed by atoms with Crippen molar-refractivity contribution >= 4 is 17.0 Å². The first-order chi connectivity index (χ1) is 7.15. The van der Waals surface area contributed by atoms with Gasteiger partial charge >= 0.3 is 0 Å². The van der Waals surface area contributed by atoms with E-state index in [0.717, 1.165) is 16.9 Å². The molecule has 2 heterocycles. The Hall–Kier alpha value is -1.77. The molecule has 2 rings (SSSR count). The Morgan fingerprint density at radius 1 is 1.33 bits per heavy atom. The molecular formula is C12H14N2O. The van der Waals surface area contributed by atoms with Crippen LogP contribution in [0.15, 0.2) is 24.4 Å². The molecule has 0 spiro atoms. The van der Waals surface area contributed by atoms with Gasteiger partial charge in [-0.3, -0.25) is 4.79 Å². The van der Waals surface area contributed by atoms with Gasteiger partial charge in [0, 0.05) is 20.2 Å². The molecule has 0 aliphatic carbocycles. The molecule has 78 valence electrons. The molecule has 0 aliphatic rings. The predicted octanol–water partition coefficient (Wildman–Crippen LogP) is 2.49. The lowest BCUT2D eigenvalue weighted by Crippen LogP contribution is -2.01. The van der Waals surface area contributed by atoms with Crippen LogP contribution in [-0.2, 0) is 0 Å². The van der Waals surface area contributed by atoms with Crippen LogP contribution in [0, 0.1) is 6.92 Å². The molecule has 0 bridgehead atoms. The lowest BCUT2D eigenvalue weighted by Gasteiger charge is -2.08. The number of nitrogens with one attached hydrogen (secondary N) is 1. The fraction of sp³-hybridized carbons (Fsp3) is 0.250. The molecule has 1 N–H and O–H groups in total. The third-order valence-corrected chi connectivity index (χ3v) is 2.65. The smallest absolute Gasteiger partial charge is 0.176 e. The minimum Gasteiger partial charge on any atom is -0.386 e. The van der Waals surface area contributed by atoms with E-state index in [1.54, 1.807) is 6.92 Å². The van der Waals surface area contributed by atoms with Crippen molar-refractivity contribution in [2.45, 2.75) is 13.8 Å². The minimum absolute atomic E-state index is 0.0842. The lowest BCUT2D eigenvalue weighted by atomic mass is 10.2. The van der Waals surface area contributed by atoms with Gasteiger partial charge in [0.2, 0.25) is 0 Å². The number of fused-ring (bicyclic) bond motifs is 1. The van der Waals surface area contributed by atoms with Gasteiger partial charge in [0.1, 0.15) is 0 Å². The second kappa shape index (κ2) is 3.42. The fourth-order valence-corrected chi connectivity index (χ4v) is 1.90. The van der Waals surface area contributed by atoms with Gasteiger partial charge in [-0.1, -0.05) is 0 Å². The first-order valence-electron chi connectivity index (χ1n) is 4.94. The van der Waals surface area contributed by atoms with Crippen LogP contribution in [0.1, 0.15) is 23.0 Å². The topological polar surface area (TPSA) is 33.5 Å². The molecule has 0 aromatic carbocycles. The van der Waals surface area contributed by atoms with Crippen LogP contribution >= 0.6 is 0 Å². The Morgan fingerprint density at radius 3 is 2.67 bits per heavy atom. The highest BCUT2D eigenvalue weighted by molar-refractivity contribution is 5.95. The number of Topliss-reactive ketones (excluding diaryl/α,β-unsaturated/α-hetero) is 1. The van der Waals surface area contributed by atoms with Crippen LogP contribution in [0.25, 0.3) is 5.52 Å². The van der Waals surface area contributed by atoms with Crippen molar-refractivity contribution < 1.29 is 4.79 Å². The number of anilines is 1. The molecule has 0 fully saturated rings. The van der Waals surface area contributed by atoms with Gasteiger partial charge in [-0.15, -0.1) is 0 Å². The highest BCUT2D eigenvalue weighted by atomic mass is 16.1. The molecule has 15 heavy (non-hydrogen) atoms. The summed E-state index contributed by atoms with van der Waals surface area (Å²) in [4.78, 5) is 11.4. The average Bonchev–Trinajstić information content (AvgIpc) is 2.61. The minimum atomic E-state index is 0.0842. The molecule has 0 atom stereocenters. The molecule has 0 amide bonds. The summed E-state index contributed by atoms with van der Waals surface area (Å²) in [6.45, 7) is 3.63. The average molecular weight is 202 g/mol. The largest absolute Gasteiger partial charge is 0.386 e. The van der Waals surface area contributed by atoms with E-state index in [-0.39, 0.29) is 5.78 Å². The molecule has 3 nitrogen and oxygen atoms in total. The number of rotatable bonds is 2. The van der Waals surface area contributed by atoms with E-state index in [2.05, 4.69) is 5.32 Å². The zero-order valence-electron chi connectivity index (χ0n) is 9.16. The summed E-state index contributed by atoms with van der Waals surface area (Å²) in [6, 6.07) is 5.83. The first-order valence-corrected chi connectivity index (χ1v) is 4.94. The van der Waals surface area contributed by atoms with Crippen LogP contribution in [0.2, 0.25) is 0 Å². The molecule has 0 radical (unpaired) electrons. The van der Waals surface area contributed by atoms with Crippen LogP contribution in [0.5, 0.6) is 0 Å². The Balaban J connectivity index is 2.80. The first kappa shape index (κ1) is 9.77. The normalized spacial score (nSPS) is 10.6. The van der Waals surface area contributed by atoms with Gasteiger partial charge in [-0.25, -0.2) is 0 Å². The van der Waals surface area contributed by atoms with Crippen molar-refractivity contribution in [2.75, 3.05) is 12.4 Å². The summed E-state index contributed by atoms with van der Waals surface area (Å²) in [5.74, 6) is 0.0842. The summed E-state index contributed by atoms with van der Waals surface area (Å²) >= 11 is 0. The Morgan fingerprint density at radius 2 is 2.07 bits per heavy atom. The van der Waals surface area contributed by atoms with Crippen molar-refractivity contribution in [1.82, 2.24) is 4.40 Å². The standard InChI is InChI=1S/C12H14N2O/c1-8-6-7-14-10(9(2)15)4-5-11(14)12(8)13-3/h4-7,13H,1-3H3. The highest BCUT2D eigenvalue weighted by Crippen LogP contribution is 2.23. The Bertz CT molecular complexity index is 526. The van der Waals surface area contributed by atoms with E-state index in [4.69, 9.17) is 0 Å². The van der Waals surface area contributed by atoms with Crippen LogP contribution in [0.4, 0.5) is 5.69 Å². The van der Waals surface area contributed by atoms with Crippen molar-refractivity contribution in [3.05, 3.63) is 35.7 Å². The van der Waals surface area contributed by atoms with Crippen LogP contribution < -0.4 is 5.32 Å². The van der Waals surface area contributed by atoms with Gasteiger partial charge in [0.25, 0.3) is 0 Å². The monoisotopic (exact) mass is 202 g/mol. The zero-order valence-corrected chi connectivity index (χ0v) is 9.16. The van der Waals surface area contributed by atoms with Gasteiger partial charge in [0.15, 0.2) is 5.78 Å². The lowest BCUT2D eigenvalue weighted by molar-refractivity contribution is 0.101. The van der Waals surface area contributed by atoms with E-state index in [1.165, 1.54) is 5.56 Å². The molecular weight excluding hydrogens is 188 g/mol. The summed E-state index contributed by atoms with van der Waals surface area (Å²) < 4.78 is 1.92. The maximum absolute atomic E-state index is 11.4. The quantitative estimate of drug-likeness (QED) is 0.759. The second-order valence-electron chi connectivity index (χ2n) is 3.65. The molecule has 0 saturated carbocycles. The molecule has 0 unspecified atom stereocenters. The third kappa shape index (κ3) is 1.40. The third-order valence-electron chi connectivity index (χ3n) is 2.65. The van der Waals surface area contributed by atoms with Crippen molar-refractivity contribution in [2.24, 2.45) is 0 Å². The van der Waals surface area contributed by atoms with Gasteiger partial charge < -0.3 is 9.72 Å². The number of carbonyl (C=O) groups excluding carboxylic acids is 1. The zero-order chi connectivity index (χ0) is 11.0. The van der Waals surface area contributed by atoms with E-state index in [0.29, 0.717) is 0 Å². The molecule has 3 heteroatoms. The fourth-order valence-electron chi connectivity index (χ4n) is 1.90. The van der Waals surface area contributed by atoms with Crippen LogP contribution in [-0.4, -0.2) is 17.2 Å². The van der Waals surface area contributed by atoms with E-state index < -0.39 is 0 Å². The summed E-state index contributed by atoms with van der Waals surface area (Å²) in [5, 5.41) is 3.16.